The molecule has 10 atom stereocenters. The van der Waals surface area contributed by atoms with Crippen molar-refractivity contribution in [3.8, 4) is 0 Å². The minimum atomic E-state index is -1.76. The summed E-state index contributed by atoms with van der Waals surface area (Å²) in [6.07, 6.45) is -12.8. The highest BCUT2D eigenvalue weighted by Crippen LogP contribution is 2.32. The number of nitrogens with one attached hydrogen (secondary N) is 1. The SMILES string of the molecule is C=CC(=O)NCc1cn([C@@H]2O[C@H](CO)[C@@H](O[C@@H]3O[C@H](CO)[C@H](O)[C@H](O)[C@H]3O)[C@H](O)[C@H]2O)nn1. The molecule has 2 aliphatic heterocycles. The van der Waals surface area contributed by atoms with Crippen molar-refractivity contribution < 1.29 is 54.8 Å². The number of aromatic nitrogens is 3. The van der Waals surface area contributed by atoms with E-state index in [1.807, 2.05) is 0 Å². The molecular weight excluding hydrogens is 448 g/mol. The number of aliphatic hydroxyl groups is 7. The Balaban J connectivity index is 1.71. The van der Waals surface area contributed by atoms with Gasteiger partial charge in [0.05, 0.1) is 26.0 Å². The van der Waals surface area contributed by atoms with Crippen LogP contribution < -0.4 is 5.32 Å². The van der Waals surface area contributed by atoms with Gasteiger partial charge in [0.15, 0.2) is 12.5 Å². The van der Waals surface area contributed by atoms with Crippen LogP contribution in [0.25, 0.3) is 0 Å². The maximum absolute atomic E-state index is 11.3. The fraction of sp³-hybridized carbons (Fsp3) is 0.722. The van der Waals surface area contributed by atoms with Gasteiger partial charge in [0.25, 0.3) is 0 Å². The molecule has 3 rings (SSSR count). The van der Waals surface area contributed by atoms with Gasteiger partial charge in [-0.25, -0.2) is 4.68 Å². The summed E-state index contributed by atoms with van der Waals surface area (Å²) in [6.45, 7) is 1.97. The Morgan fingerprint density at radius 3 is 2.39 bits per heavy atom. The van der Waals surface area contributed by atoms with Crippen LogP contribution in [-0.4, -0.2) is 125 Å². The third-order valence-electron chi connectivity index (χ3n) is 5.43. The van der Waals surface area contributed by atoms with E-state index in [1.165, 1.54) is 6.20 Å². The minimum absolute atomic E-state index is 0.0164. The number of nitrogens with zero attached hydrogens (tertiary/aromatic N) is 3. The number of aliphatic hydroxyl groups excluding tert-OH is 7. The van der Waals surface area contributed by atoms with Gasteiger partial charge < -0.3 is 55.3 Å². The first-order chi connectivity index (χ1) is 15.7. The highest BCUT2D eigenvalue weighted by molar-refractivity contribution is 5.86. The van der Waals surface area contributed by atoms with Crippen molar-refractivity contribution in [2.24, 2.45) is 0 Å². The molecule has 3 heterocycles. The molecule has 1 aromatic rings. The van der Waals surface area contributed by atoms with Crippen LogP contribution in [0, 0.1) is 0 Å². The zero-order valence-corrected chi connectivity index (χ0v) is 17.4. The van der Waals surface area contributed by atoms with E-state index < -0.39 is 80.5 Å². The van der Waals surface area contributed by atoms with Crippen LogP contribution >= 0.6 is 0 Å². The summed E-state index contributed by atoms with van der Waals surface area (Å²) in [4.78, 5) is 11.3. The number of ether oxygens (including phenoxy) is 3. The fourth-order valence-electron chi connectivity index (χ4n) is 3.56. The zero-order chi connectivity index (χ0) is 24.3. The first kappa shape index (κ1) is 25.6. The topological polar surface area (TPSA) is 229 Å². The van der Waals surface area contributed by atoms with Crippen LogP contribution in [0.4, 0.5) is 0 Å². The third-order valence-corrected chi connectivity index (χ3v) is 5.43. The van der Waals surface area contributed by atoms with E-state index in [-0.39, 0.29) is 6.54 Å². The van der Waals surface area contributed by atoms with E-state index in [0.29, 0.717) is 5.69 Å². The lowest BCUT2D eigenvalue weighted by Gasteiger charge is -2.45. The van der Waals surface area contributed by atoms with E-state index in [9.17, 15) is 40.5 Å². The molecule has 33 heavy (non-hydrogen) atoms. The molecule has 0 aromatic carbocycles. The Bertz CT molecular complexity index is 806. The van der Waals surface area contributed by atoms with E-state index in [1.54, 1.807) is 0 Å². The predicted octanol–water partition coefficient (Wildman–Crippen LogP) is -5.12. The average Bonchev–Trinajstić information content (AvgIpc) is 3.29. The van der Waals surface area contributed by atoms with Crippen molar-refractivity contribution in [3.05, 3.63) is 24.5 Å². The number of amides is 1. The standard InChI is InChI=1S/C18H28N4O11/c1-2-10(25)19-3-7-4-22(21-20-7)17-14(29)13(28)16(9(6-24)31-17)33-18-15(30)12(27)11(26)8(5-23)32-18/h2,4,8-9,11-18,23-24,26-30H,1,3,5-6H2,(H,19,25)/t8-,9-,11+,12+,13-,14-,15-,16-,17-,18+/m1/s1. The van der Waals surface area contributed by atoms with Gasteiger partial charge >= 0.3 is 0 Å². The normalized spacial score (nSPS) is 39.2. The van der Waals surface area contributed by atoms with Crippen molar-refractivity contribution in [1.82, 2.24) is 20.3 Å². The van der Waals surface area contributed by atoms with Gasteiger partial charge in [0.1, 0.15) is 54.5 Å². The number of hydrogen-bond acceptors (Lipinski definition) is 13. The van der Waals surface area contributed by atoms with Crippen molar-refractivity contribution in [2.75, 3.05) is 13.2 Å². The van der Waals surface area contributed by atoms with Crippen LogP contribution in [-0.2, 0) is 25.5 Å². The minimum Gasteiger partial charge on any atom is -0.394 e. The molecule has 0 unspecified atom stereocenters. The molecule has 186 valence electrons. The molecule has 0 radical (unpaired) electrons. The Kier molecular flexibility index (Phi) is 8.46. The van der Waals surface area contributed by atoms with Crippen molar-refractivity contribution in [2.45, 2.75) is 67.9 Å². The quantitative estimate of drug-likeness (QED) is 0.164. The van der Waals surface area contributed by atoms with Gasteiger partial charge in [-0.05, 0) is 6.08 Å². The summed E-state index contributed by atoms with van der Waals surface area (Å²) in [7, 11) is 0. The molecule has 8 N–H and O–H groups in total. The second-order valence-electron chi connectivity index (χ2n) is 7.64. The molecular formula is C18H28N4O11. The lowest BCUT2D eigenvalue weighted by Crippen LogP contribution is -2.63. The predicted molar refractivity (Wildman–Crippen MR) is 104 cm³/mol. The Morgan fingerprint density at radius 2 is 1.76 bits per heavy atom. The molecule has 2 saturated heterocycles. The first-order valence-corrected chi connectivity index (χ1v) is 10.1. The summed E-state index contributed by atoms with van der Waals surface area (Å²) >= 11 is 0. The molecule has 0 saturated carbocycles. The molecule has 1 amide bonds. The molecule has 15 nitrogen and oxygen atoms in total. The summed E-state index contributed by atoms with van der Waals surface area (Å²) in [5.74, 6) is -0.428. The van der Waals surface area contributed by atoms with E-state index in [4.69, 9.17) is 14.2 Å². The largest absolute Gasteiger partial charge is 0.394 e. The Morgan fingerprint density at radius 1 is 1.06 bits per heavy atom. The van der Waals surface area contributed by atoms with Crippen LogP contribution in [0.3, 0.4) is 0 Å². The number of rotatable bonds is 8. The molecule has 0 bridgehead atoms. The third kappa shape index (κ3) is 5.38. The van der Waals surface area contributed by atoms with Crippen LogP contribution in [0.1, 0.15) is 11.9 Å². The second-order valence-corrected chi connectivity index (χ2v) is 7.64. The molecule has 15 heteroatoms. The van der Waals surface area contributed by atoms with E-state index in [2.05, 4.69) is 22.2 Å². The average molecular weight is 476 g/mol. The summed E-state index contributed by atoms with van der Waals surface area (Å²) in [5, 5.41) is 80.4. The summed E-state index contributed by atoms with van der Waals surface area (Å²) < 4.78 is 17.5. The smallest absolute Gasteiger partial charge is 0.243 e. The van der Waals surface area contributed by atoms with Gasteiger partial charge in [0.2, 0.25) is 5.91 Å². The van der Waals surface area contributed by atoms with E-state index >= 15 is 0 Å². The lowest BCUT2D eigenvalue weighted by atomic mass is 9.96. The summed E-state index contributed by atoms with van der Waals surface area (Å²) in [6, 6.07) is 0. The first-order valence-electron chi connectivity index (χ1n) is 10.1. The van der Waals surface area contributed by atoms with E-state index in [0.717, 1.165) is 10.8 Å². The summed E-state index contributed by atoms with van der Waals surface area (Å²) in [5.41, 5.74) is 0.315. The van der Waals surface area contributed by atoms with Crippen LogP contribution in [0.15, 0.2) is 18.9 Å². The van der Waals surface area contributed by atoms with Crippen molar-refractivity contribution >= 4 is 5.91 Å². The van der Waals surface area contributed by atoms with Crippen LogP contribution in [0.2, 0.25) is 0 Å². The van der Waals surface area contributed by atoms with Crippen molar-refractivity contribution in [1.29, 1.82) is 0 Å². The number of carbonyl (C=O) groups excluding carboxylic acids is 1. The van der Waals surface area contributed by atoms with Gasteiger partial charge in [-0.3, -0.25) is 4.79 Å². The monoisotopic (exact) mass is 476 g/mol. The zero-order valence-electron chi connectivity index (χ0n) is 17.4. The highest BCUT2D eigenvalue weighted by Gasteiger charge is 2.51. The van der Waals surface area contributed by atoms with Gasteiger partial charge in [-0.2, -0.15) is 0 Å². The van der Waals surface area contributed by atoms with Crippen LogP contribution in [0.5, 0.6) is 0 Å². The van der Waals surface area contributed by atoms with Gasteiger partial charge in [-0.1, -0.05) is 11.8 Å². The number of carbonyl (C=O) groups is 1. The Hall–Kier alpha value is -2.05. The van der Waals surface area contributed by atoms with Gasteiger partial charge in [-0.15, -0.1) is 5.10 Å². The maximum atomic E-state index is 11.3. The molecule has 2 fully saturated rings. The highest BCUT2D eigenvalue weighted by atomic mass is 16.7. The maximum Gasteiger partial charge on any atom is 0.243 e. The molecule has 2 aliphatic rings. The Labute approximate surface area is 187 Å². The van der Waals surface area contributed by atoms with Crippen molar-refractivity contribution in [3.63, 3.8) is 0 Å². The number of hydrogen-bond donors (Lipinski definition) is 8. The van der Waals surface area contributed by atoms with Gasteiger partial charge in [0, 0.05) is 0 Å². The second kappa shape index (κ2) is 10.9. The molecule has 0 spiro atoms. The molecule has 0 aliphatic carbocycles. The lowest BCUT2D eigenvalue weighted by molar-refractivity contribution is -0.347. The molecule has 1 aromatic heterocycles. The fourth-order valence-corrected chi connectivity index (χ4v) is 3.56.